The quantitative estimate of drug-likeness (QED) is 0.340. The number of rotatable bonds is 7. The van der Waals surface area contributed by atoms with Gasteiger partial charge in [-0.25, -0.2) is 8.42 Å². The number of nitrogens with zero attached hydrogens (tertiary/aromatic N) is 4. The van der Waals surface area contributed by atoms with Gasteiger partial charge >= 0.3 is 0 Å². The number of aromatic nitrogens is 2. The van der Waals surface area contributed by atoms with E-state index in [1.807, 2.05) is 30.3 Å². The molecule has 4 heterocycles. The molecule has 2 fully saturated rings. The lowest BCUT2D eigenvalue weighted by atomic mass is 10.0. The molecule has 4 bridgehead atoms. The third-order valence-corrected chi connectivity index (χ3v) is 11.3. The minimum Gasteiger partial charge on any atom is -0.457 e. The van der Waals surface area contributed by atoms with Crippen molar-refractivity contribution in [2.45, 2.75) is 69.6 Å². The molecule has 0 aliphatic carbocycles. The van der Waals surface area contributed by atoms with Crippen molar-refractivity contribution < 1.29 is 27.5 Å². The lowest BCUT2D eigenvalue weighted by Crippen LogP contribution is -2.58. The van der Waals surface area contributed by atoms with Crippen LogP contribution in [0.1, 0.15) is 48.8 Å². The molecule has 0 unspecified atom stereocenters. The summed E-state index contributed by atoms with van der Waals surface area (Å²) in [5, 5.41) is 12.9. The molecule has 0 spiro atoms. The van der Waals surface area contributed by atoms with E-state index in [1.54, 1.807) is 42.3 Å². The van der Waals surface area contributed by atoms with Crippen LogP contribution in [0.15, 0.2) is 60.9 Å². The highest BCUT2D eigenvalue weighted by atomic mass is 32.2. The van der Waals surface area contributed by atoms with Crippen molar-refractivity contribution in [3.63, 3.8) is 0 Å². The van der Waals surface area contributed by atoms with Crippen LogP contribution >= 0.6 is 0 Å². The first-order valence-corrected chi connectivity index (χ1v) is 18.7. The molecule has 6 rings (SSSR count). The molecule has 1 aromatic heterocycles. The highest BCUT2D eigenvalue weighted by Crippen LogP contribution is 2.27. The van der Waals surface area contributed by atoms with Crippen molar-refractivity contribution in [2.75, 3.05) is 31.9 Å². The summed E-state index contributed by atoms with van der Waals surface area (Å²) in [4.78, 5) is 44.3. The molecule has 3 amide bonds. The van der Waals surface area contributed by atoms with Gasteiger partial charge in [-0.05, 0) is 80.6 Å². The average molecular weight is 692 g/mol. The first kappa shape index (κ1) is 34.6. The SMILES string of the molecule is Cn1cc(CNC(=O)[C@@H]2Cc3cccc(c3)Oc3cccc(c3)C[C@H](N3CCCS3(=O)=O)C(=O)N[C@@H](CCN3CCCCC3)C(=O)N2)cn1. The predicted molar refractivity (Wildman–Crippen MR) is 183 cm³/mol. The second-order valence-corrected chi connectivity index (χ2v) is 15.2. The minimum absolute atomic E-state index is 0.0367. The van der Waals surface area contributed by atoms with Crippen molar-refractivity contribution in [1.82, 2.24) is 34.9 Å². The number of ether oxygens (including phenoxy) is 1. The molecule has 2 aromatic carbocycles. The van der Waals surface area contributed by atoms with Crippen LogP contribution < -0.4 is 20.7 Å². The van der Waals surface area contributed by atoms with E-state index in [-0.39, 0.29) is 37.6 Å². The Bertz CT molecular complexity index is 1760. The molecule has 3 N–H and O–H groups in total. The van der Waals surface area contributed by atoms with Crippen LogP contribution in [0.25, 0.3) is 0 Å². The summed E-state index contributed by atoms with van der Waals surface area (Å²) in [7, 11) is -1.88. The summed E-state index contributed by atoms with van der Waals surface area (Å²) >= 11 is 0. The Morgan fingerprint density at radius 2 is 1.65 bits per heavy atom. The van der Waals surface area contributed by atoms with E-state index < -0.39 is 40.0 Å². The third-order valence-electron chi connectivity index (χ3n) is 9.36. The van der Waals surface area contributed by atoms with Gasteiger partial charge in [0.25, 0.3) is 0 Å². The molecule has 3 aromatic rings. The first-order chi connectivity index (χ1) is 23.6. The van der Waals surface area contributed by atoms with Gasteiger partial charge < -0.3 is 25.6 Å². The number of hydrogen-bond donors (Lipinski definition) is 3. The first-order valence-electron chi connectivity index (χ1n) is 17.1. The smallest absolute Gasteiger partial charge is 0.243 e. The van der Waals surface area contributed by atoms with Crippen LogP contribution in [0.5, 0.6) is 11.5 Å². The number of benzene rings is 2. The zero-order valence-electron chi connectivity index (χ0n) is 27.8. The molecule has 0 saturated carbocycles. The molecule has 3 aliphatic rings. The molecular formula is C35H45N7O6S. The number of fused-ring (bicyclic) bond motifs is 4. The van der Waals surface area contributed by atoms with Crippen LogP contribution in [0, 0.1) is 0 Å². The van der Waals surface area contributed by atoms with Crippen molar-refractivity contribution >= 4 is 27.7 Å². The topological polar surface area (TPSA) is 155 Å². The lowest BCUT2D eigenvalue weighted by Gasteiger charge is -2.31. The van der Waals surface area contributed by atoms with E-state index in [4.69, 9.17) is 4.74 Å². The lowest BCUT2D eigenvalue weighted by molar-refractivity contribution is -0.133. The van der Waals surface area contributed by atoms with Crippen molar-refractivity contribution in [1.29, 1.82) is 0 Å². The standard InChI is InChI=1S/C35H45N7O6S/c1-40-24-27(23-37-40)22-36-33(43)31-20-25-8-5-10-28(18-25)48-29-11-6-9-26(19-29)21-32(42-15-7-17-49(42,46)47)35(45)38-30(34(44)39-31)12-16-41-13-3-2-4-14-41/h5-6,8-11,18-19,23-24,30-32H,2-4,7,12-17,20-22H2,1H3,(H,36,43)(H,38,45)(H,39,44)/t30-,31-,32-/m0/s1. The Hall–Kier alpha value is -4.27. The van der Waals surface area contributed by atoms with Crippen LogP contribution in [0.3, 0.4) is 0 Å². The van der Waals surface area contributed by atoms with E-state index in [0.29, 0.717) is 30.9 Å². The molecule has 0 radical (unpaired) electrons. The Balaban J connectivity index is 1.34. The highest BCUT2D eigenvalue weighted by Gasteiger charge is 2.40. The molecule has 2 saturated heterocycles. The number of likely N-dealkylation sites (tertiary alicyclic amines) is 1. The van der Waals surface area contributed by atoms with E-state index in [0.717, 1.165) is 49.0 Å². The highest BCUT2D eigenvalue weighted by molar-refractivity contribution is 7.89. The number of amides is 3. The minimum atomic E-state index is -3.67. The molecule has 3 aliphatic heterocycles. The second kappa shape index (κ2) is 15.5. The Morgan fingerprint density at radius 1 is 0.939 bits per heavy atom. The number of carbonyl (C=O) groups is 3. The number of nitrogens with one attached hydrogen (secondary N) is 3. The summed E-state index contributed by atoms with van der Waals surface area (Å²) in [6, 6.07) is 11.6. The maximum absolute atomic E-state index is 14.2. The number of carbonyl (C=O) groups excluding carboxylic acids is 3. The van der Waals surface area contributed by atoms with Gasteiger partial charge in [-0.1, -0.05) is 30.7 Å². The number of hydrogen-bond acceptors (Lipinski definition) is 8. The zero-order chi connectivity index (χ0) is 34.4. The van der Waals surface area contributed by atoms with E-state index in [1.165, 1.54) is 4.31 Å². The van der Waals surface area contributed by atoms with E-state index in [9.17, 15) is 22.8 Å². The Morgan fingerprint density at radius 3 is 2.31 bits per heavy atom. The zero-order valence-corrected chi connectivity index (χ0v) is 28.7. The summed E-state index contributed by atoms with van der Waals surface area (Å²) in [6.45, 7) is 2.83. The van der Waals surface area contributed by atoms with Gasteiger partial charge in [-0.3, -0.25) is 19.1 Å². The monoisotopic (exact) mass is 691 g/mol. The van der Waals surface area contributed by atoms with Gasteiger partial charge in [0.2, 0.25) is 27.7 Å². The van der Waals surface area contributed by atoms with E-state index in [2.05, 4.69) is 25.9 Å². The van der Waals surface area contributed by atoms with Crippen molar-refractivity contribution in [2.24, 2.45) is 7.05 Å². The second-order valence-electron chi connectivity index (χ2n) is 13.2. The van der Waals surface area contributed by atoms with Crippen molar-refractivity contribution in [3.8, 4) is 11.5 Å². The fourth-order valence-electron chi connectivity index (χ4n) is 6.79. The molecule has 3 atom stereocenters. The van der Waals surface area contributed by atoms with E-state index >= 15 is 0 Å². The van der Waals surface area contributed by atoms with Gasteiger partial charge in [-0.2, -0.15) is 9.40 Å². The van der Waals surface area contributed by atoms with Gasteiger partial charge in [0.1, 0.15) is 29.6 Å². The summed E-state index contributed by atoms with van der Waals surface area (Å²) < 4.78 is 35.4. The number of aryl methyl sites for hydroxylation is 1. The largest absolute Gasteiger partial charge is 0.457 e. The third kappa shape index (κ3) is 9.05. The number of piperidine rings is 1. The molecule has 14 heteroatoms. The van der Waals surface area contributed by atoms with Crippen LogP contribution in [-0.4, -0.2) is 95.2 Å². The van der Waals surface area contributed by atoms with Gasteiger partial charge in [0.05, 0.1) is 11.9 Å². The Labute approximate surface area is 287 Å². The van der Waals surface area contributed by atoms with Crippen LogP contribution in [0.4, 0.5) is 0 Å². The van der Waals surface area contributed by atoms with Crippen LogP contribution in [0.2, 0.25) is 0 Å². The predicted octanol–water partition coefficient (Wildman–Crippen LogP) is 1.88. The van der Waals surface area contributed by atoms with Gasteiger partial charge in [0.15, 0.2) is 0 Å². The maximum atomic E-state index is 14.2. The molecule has 13 nitrogen and oxygen atoms in total. The molecular weight excluding hydrogens is 646 g/mol. The fraction of sp³-hybridized carbons (Fsp3) is 0.486. The maximum Gasteiger partial charge on any atom is 0.243 e. The van der Waals surface area contributed by atoms with Gasteiger partial charge in [-0.15, -0.1) is 0 Å². The number of sulfonamides is 1. The normalized spacial score (nSPS) is 23.7. The molecule has 49 heavy (non-hydrogen) atoms. The van der Waals surface area contributed by atoms with Crippen LogP contribution in [-0.2, 0) is 50.8 Å². The summed E-state index contributed by atoms with van der Waals surface area (Å²) in [5.74, 6) is -0.409. The molecule has 262 valence electrons. The van der Waals surface area contributed by atoms with Crippen molar-refractivity contribution in [3.05, 3.63) is 77.6 Å². The Kier molecular flexibility index (Phi) is 11.0. The average Bonchev–Trinajstić information content (AvgIpc) is 3.67. The van der Waals surface area contributed by atoms with Gasteiger partial charge in [0, 0.05) is 44.9 Å². The fourth-order valence-corrected chi connectivity index (χ4v) is 8.48. The summed E-state index contributed by atoms with van der Waals surface area (Å²) in [5.41, 5.74) is 2.31. The summed E-state index contributed by atoms with van der Waals surface area (Å²) in [6.07, 6.45) is 7.75.